The molecular formula is C12H13N3OS. The molecule has 2 aromatic heterocycles. The Kier molecular flexibility index (Phi) is 2.68. The summed E-state index contributed by atoms with van der Waals surface area (Å²) in [6.07, 6.45) is 3.76. The molecule has 0 saturated heterocycles. The van der Waals surface area contributed by atoms with Gasteiger partial charge in [-0.15, -0.1) is 11.3 Å². The first-order valence-corrected chi connectivity index (χ1v) is 6.56. The van der Waals surface area contributed by atoms with E-state index in [0.717, 1.165) is 18.7 Å². The maximum atomic E-state index is 11.7. The predicted octanol–water partition coefficient (Wildman–Crippen LogP) is 2.34. The average molecular weight is 247 g/mol. The van der Waals surface area contributed by atoms with Crippen LogP contribution in [0.5, 0.6) is 0 Å². The summed E-state index contributed by atoms with van der Waals surface area (Å²) in [5.41, 5.74) is 0. The molecule has 88 valence electrons. The fraction of sp³-hybridized carbons (Fsp3) is 0.333. The average Bonchev–Trinajstić information content (AvgIpc) is 2.90. The maximum Gasteiger partial charge on any atom is 0.228 e. The van der Waals surface area contributed by atoms with Gasteiger partial charge in [0.1, 0.15) is 5.82 Å². The van der Waals surface area contributed by atoms with E-state index in [1.807, 2.05) is 22.2 Å². The lowest BCUT2D eigenvalue weighted by Crippen LogP contribution is -2.17. The Morgan fingerprint density at radius 2 is 2.41 bits per heavy atom. The molecule has 1 N–H and O–H groups in total. The molecular weight excluding hydrogens is 234 g/mol. The molecule has 0 unspecified atom stereocenters. The number of hydrogen-bond acceptors (Lipinski definition) is 3. The van der Waals surface area contributed by atoms with Crippen molar-refractivity contribution in [2.75, 3.05) is 5.32 Å². The van der Waals surface area contributed by atoms with Crippen LogP contribution in [0.25, 0.3) is 0 Å². The van der Waals surface area contributed by atoms with Gasteiger partial charge >= 0.3 is 0 Å². The molecule has 3 rings (SSSR count). The van der Waals surface area contributed by atoms with Crippen LogP contribution < -0.4 is 5.32 Å². The quantitative estimate of drug-likeness (QED) is 0.901. The van der Waals surface area contributed by atoms with Crippen molar-refractivity contribution in [3.63, 3.8) is 0 Å². The highest BCUT2D eigenvalue weighted by molar-refractivity contribution is 7.09. The molecule has 2 heterocycles. The van der Waals surface area contributed by atoms with Gasteiger partial charge in [-0.05, 0) is 24.3 Å². The van der Waals surface area contributed by atoms with Crippen molar-refractivity contribution >= 4 is 23.1 Å². The largest absolute Gasteiger partial charge is 0.311 e. The number of nitrogens with zero attached hydrogens (tertiary/aromatic N) is 2. The van der Waals surface area contributed by atoms with E-state index in [4.69, 9.17) is 0 Å². The second-order valence-electron chi connectivity index (χ2n) is 4.22. The van der Waals surface area contributed by atoms with Crippen LogP contribution in [0.15, 0.2) is 29.8 Å². The van der Waals surface area contributed by atoms with E-state index in [9.17, 15) is 4.79 Å². The van der Waals surface area contributed by atoms with Crippen LogP contribution in [0.1, 0.15) is 17.7 Å². The van der Waals surface area contributed by atoms with E-state index >= 15 is 0 Å². The standard InChI is InChI=1S/C12H13N3OS/c16-12(9-3-4-9)14-11-5-6-13-15(11)8-10-2-1-7-17-10/h1-2,5-7,9H,3-4,8H2,(H,14,16). The Balaban J connectivity index is 1.72. The first kappa shape index (κ1) is 10.5. The molecule has 1 aliphatic rings. The third-order valence-electron chi connectivity index (χ3n) is 2.80. The molecule has 0 spiro atoms. The highest BCUT2D eigenvalue weighted by Crippen LogP contribution is 2.30. The lowest BCUT2D eigenvalue weighted by atomic mass is 10.4. The summed E-state index contributed by atoms with van der Waals surface area (Å²) < 4.78 is 1.83. The highest BCUT2D eigenvalue weighted by atomic mass is 32.1. The van der Waals surface area contributed by atoms with Gasteiger partial charge in [0.2, 0.25) is 5.91 Å². The number of carbonyl (C=O) groups is 1. The topological polar surface area (TPSA) is 46.9 Å². The van der Waals surface area contributed by atoms with Crippen molar-refractivity contribution in [3.8, 4) is 0 Å². The summed E-state index contributed by atoms with van der Waals surface area (Å²) >= 11 is 1.69. The van der Waals surface area contributed by atoms with Crippen molar-refractivity contribution < 1.29 is 4.79 Å². The Morgan fingerprint density at radius 3 is 3.12 bits per heavy atom. The zero-order valence-electron chi connectivity index (χ0n) is 9.30. The van der Waals surface area contributed by atoms with Crippen LogP contribution in [0.4, 0.5) is 5.82 Å². The molecule has 1 aliphatic carbocycles. The smallest absolute Gasteiger partial charge is 0.228 e. The zero-order chi connectivity index (χ0) is 11.7. The summed E-state index contributed by atoms with van der Waals surface area (Å²) in [6, 6.07) is 5.93. The summed E-state index contributed by atoms with van der Waals surface area (Å²) in [7, 11) is 0. The number of rotatable bonds is 4. The molecule has 0 aromatic carbocycles. The number of nitrogens with one attached hydrogen (secondary N) is 1. The maximum absolute atomic E-state index is 11.7. The first-order chi connectivity index (χ1) is 8.33. The summed E-state index contributed by atoms with van der Waals surface area (Å²) in [5.74, 6) is 1.13. The Hall–Kier alpha value is -1.62. The zero-order valence-corrected chi connectivity index (χ0v) is 10.1. The highest BCUT2D eigenvalue weighted by Gasteiger charge is 2.30. The summed E-state index contributed by atoms with van der Waals surface area (Å²) in [4.78, 5) is 12.9. The molecule has 4 nitrogen and oxygen atoms in total. The van der Waals surface area contributed by atoms with Gasteiger partial charge in [-0.1, -0.05) is 6.07 Å². The van der Waals surface area contributed by atoms with E-state index in [-0.39, 0.29) is 11.8 Å². The second-order valence-corrected chi connectivity index (χ2v) is 5.25. The Bertz CT molecular complexity index is 514. The van der Waals surface area contributed by atoms with Gasteiger partial charge in [0.05, 0.1) is 12.7 Å². The van der Waals surface area contributed by atoms with Crippen molar-refractivity contribution in [2.45, 2.75) is 19.4 Å². The van der Waals surface area contributed by atoms with E-state index in [1.54, 1.807) is 17.5 Å². The Labute approximate surface area is 103 Å². The van der Waals surface area contributed by atoms with Crippen LogP contribution >= 0.6 is 11.3 Å². The molecule has 2 aromatic rings. The van der Waals surface area contributed by atoms with Crippen LogP contribution in [0.2, 0.25) is 0 Å². The van der Waals surface area contributed by atoms with Crippen LogP contribution in [0, 0.1) is 5.92 Å². The van der Waals surface area contributed by atoms with Gasteiger partial charge in [-0.3, -0.25) is 4.79 Å². The monoisotopic (exact) mass is 247 g/mol. The summed E-state index contributed by atoms with van der Waals surface area (Å²) in [5, 5.41) is 9.21. The number of aromatic nitrogens is 2. The molecule has 0 aliphatic heterocycles. The van der Waals surface area contributed by atoms with Crippen molar-refractivity contribution in [1.82, 2.24) is 9.78 Å². The third kappa shape index (κ3) is 2.39. The molecule has 1 amide bonds. The molecule has 0 bridgehead atoms. The van der Waals surface area contributed by atoms with E-state index in [1.165, 1.54) is 4.88 Å². The van der Waals surface area contributed by atoms with Crippen LogP contribution in [0.3, 0.4) is 0 Å². The number of carbonyl (C=O) groups excluding carboxylic acids is 1. The van der Waals surface area contributed by atoms with E-state index in [2.05, 4.69) is 16.5 Å². The van der Waals surface area contributed by atoms with Crippen molar-refractivity contribution in [2.24, 2.45) is 5.92 Å². The molecule has 0 atom stereocenters. The van der Waals surface area contributed by atoms with Crippen molar-refractivity contribution in [3.05, 3.63) is 34.7 Å². The minimum atomic E-state index is 0.123. The van der Waals surface area contributed by atoms with Crippen LogP contribution in [-0.2, 0) is 11.3 Å². The fourth-order valence-electron chi connectivity index (χ4n) is 1.69. The number of anilines is 1. The van der Waals surface area contributed by atoms with Crippen molar-refractivity contribution in [1.29, 1.82) is 0 Å². The number of hydrogen-bond donors (Lipinski definition) is 1. The number of thiophene rings is 1. The van der Waals surface area contributed by atoms with Gasteiger partial charge < -0.3 is 5.32 Å². The van der Waals surface area contributed by atoms with E-state index < -0.39 is 0 Å². The van der Waals surface area contributed by atoms with Gasteiger partial charge in [-0.25, -0.2) is 4.68 Å². The number of amides is 1. The Morgan fingerprint density at radius 1 is 1.53 bits per heavy atom. The normalized spacial score (nSPS) is 14.8. The SMILES string of the molecule is O=C(Nc1ccnn1Cc1cccs1)C1CC1. The van der Waals surface area contributed by atoms with E-state index in [0.29, 0.717) is 6.54 Å². The lowest BCUT2D eigenvalue weighted by Gasteiger charge is -2.07. The molecule has 0 radical (unpaired) electrons. The minimum absolute atomic E-state index is 0.123. The molecule has 1 fully saturated rings. The van der Waals surface area contributed by atoms with Gasteiger partial charge in [0, 0.05) is 16.9 Å². The third-order valence-corrected chi connectivity index (χ3v) is 3.66. The van der Waals surface area contributed by atoms with Gasteiger partial charge in [0.15, 0.2) is 0 Å². The first-order valence-electron chi connectivity index (χ1n) is 5.68. The van der Waals surface area contributed by atoms with Gasteiger partial charge in [-0.2, -0.15) is 5.10 Å². The molecule has 1 saturated carbocycles. The summed E-state index contributed by atoms with van der Waals surface area (Å²) in [6.45, 7) is 0.713. The minimum Gasteiger partial charge on any atom is -0.311 e. The fourth-order valence-corrected chi connectivity index (χ4v) is 2.37. The second kappa shape index (κ2) is 4.33. The van der Waals surface area contributed by atoms with Crippen LogP contribution in [-0.4, -0.2) is 15.7 Å². The molecule has 17 heavy (non-hydrogen) atoms. The predicted molar refractivity (Wildman–Crippen MR) is 67.0 cm³/mol. The van der Waals surface area contributed by atoms with Gasteiger partial charge in [0.25, 0.3) is 0 Å². The lowest BCUT2D eigenvalue weighted by molar-refractivity contribution is -0.117. The molecule has 5 heteroatoms.